The molecule has 2 amide bonds. The topological polar surface area (TPSA) is 37.4 Å². The van der Waals surface area contributed by atoms with E-state index in [9.17, 15) is 9.59 Å². The summed E-state index contributed by atoms with van der Waals surface area (Å²) >= 11 is 0. The lowest BCUT2D eigenvalue weighted by molar-refractivity contribution is -0.146. The number of fused-ring (bicyclic) bond motifs is 2. The third-order valence-electron chi connectivity index (χ3n) is 6.17. The molecule has 1 aliphatic carbocycles. The Hall–Kier alpha value is -1.64. The maximum absolute atomic E-state index is 13.0. The van der Waals surface area contributed by atoms with Crippen molar-refractivity contribution >= 4 is 17.5 Å². The fourth-order valence-corrected chi connectivity index (χ4v) is 3.93. The van der Waals surface area contributed by atoms with Gasteiger partial charge in [0.1, 0.15) is 0 Å². The molecule has 3 rings (SSSR count). The fraction of sp³-hybridized carbons (Fsp3) is 0.556. The van der Waals surface area contributed by atoms with E-state index < -0.39 is 5.41 Å². The van der Waals surface area contributed by atoms with Crippen LogP contribution in [-0.2, 0) is 9.59 Å². The van der Waals surface area contributed by atoms with Gasteiger partial charge in [-0.05, 0) is 55.4 Å². The molecule has 2 atom stereocenters. The first kappa shape index (κ1) is 14.3. The maximum Gasteiger partial charge on any atom is 0.240 e. The molecule has 1 heterocycles. The predicted octanol–water partition coefficient (Wildman–Crippen LogP) is 3.62. The first-order valence-corrected chi connectivity index (χ1v) is 7.66. The molecule has 1 aliphatic heterocycles. The number of piperidine rings is 1. The van der Waals surface area contributed by atoms with Gasteiger partial charge in [0.15, 0.2) is 0 Å². The number of benzene rings is 1. The zero-order valence-corrected chi connectivity index (χ0v) is 13.5. The van der Waals surface area contributed by atoms with Crippen molar-refractivity contribution in [2.45, 2.75) is 47.5 Å². The lowest BCUT2D eigenvalue weighted by atomic mass is 9.62. The Balaban J connectivity index is 2.11. The molecule has 1 aromatic rings. The van der Waals surface area contributed by atoms with Crippen LogP contribution in [0.5, 0.6) is 0 Å². The molecular formula is C18H23NO2. The molecule has 0 unspecified atom stereocenters. The molecule has 0 radical (unpaired) electrons. The van der Waals surface area contributed by atoms with E-state index >= 15 is 0 Å². The number of rotatable bonds is 1. The van der Waals surface area contributed by atoms with Gasteiger partial charge in [-0.3, -0.25) is 9.59 Å². The van der Waals surface area contributed by atoms with Gasteiger partial charge in [0, 0.05) is 5.92 Å². The summed E-state index contributed by atoms with van der Waals surface area (Å²) in [6.07, 6.45) is 1.62. The van der Waals surface area contributed by atoms with E-state index in [1.165, 1.54) is 10.5 Å². The first-order chi connectivity index (χ1) is 9.70. The van der Waals surface area contributed by atoms with E-state index in [-0.39, 0.29) is 23.1 Å². The maximum atomic E-state index is 13.0. The van der Waals surface area contributed by atoms with Crippen molar-refractivity contribution in [1.29, 1.82) is 0 Å². The predicted molar refractivity (Wildman–Crippen MR) is 83.0 cm³/mol. The number of amides is 2. The van der Waals surface area contributed by atoms with Crippen LogP contribution in [-0.4, -0.2) is 11.8 Å². The summed E-state index contributed by atoms with van der Waals surface area (Å²) in [5.74, 6) is -0.112. The van der Waals surface area contributed by atoms with Crippen molar-refractivity contribution in [3.05, 3.63) is 29.3 Å². The van der Waals surface area contributed by atoms with Crippen LogP contribution in [0.25, 0.3) is 0 Å². The SMILES string of the molecule is Cc1ccc(N2C(=O)[C@@H]3CC[C@@](C)(C2=O)C3(C)C)cc1C. The van der Waals surface area contributed by atoms with Crippen LogP contribution >= 0.6 is 0 Å². The number of hydrogen-bond acceptors (Lipinski definition) is 2. The zero-order chi connectivity index (χ0) is 15.6. The Kier molecular flexibility index (Phi) is 2.85. The third-order valence-corrected chi connectivity index (χ3v) is 6.17. The monoisotopic (exact) mass is 285 g/mol. The minimum Gasteiger partial charge on any atom is -0.274 e. The average molecular weight is 285 g/mol. The van der Waals surface area contributed by atoms with E-state index in [1.54, 1.807) is 0 Å². The second-order valence-corrected chi connectivity index (χ2v) is 7.39. The number of anilines is 1. The molecule has 0 N–H and O–H groups in total. The van der Waals surface area contributed by atoms with Gasteiger partial charge in [0.25, 0.3) is 0 Å². The van der Waals surface area contributed by atoms with Crippen molar-refractivity contribution in [2.75, 3.05) is 4.90 Å². The van der Waals surface area contributed by atoms with Gasteiger partial charge in [-0.2, -0.15) is 0 Å². The Morgan fingerprint density at radius 2 is 1.76 bits per heavy atom. The fourth-order valence-electron chi connectivity index (χ4n) is 3.93. The smallest absolute Gasteiger partial charge is 0.240 e. The quantitative estimate of drug-likeness (QED) is 0.739. The van der Waals surface area contributed by atoms with Crippen molar-refractivity contribution in [2.24, 2.45) is 16.7 Å². The molecule has 0 spiro atoms. The number of hydrogen-bond donors (Lipinski definition) is 0. The normalized spacial score (nSPS) is 30.9. The second-order valence-electron chi connectivity index (χ2n) is 7.39. The summed E-state index contributed by atoms with van der Waals surface area (Å²) in [6.45, 7) is 10.2. The van der Waals surface area contributed by atoms with Crippen LogP contribution in [0, 0.1) is 30.6 Å². The van der Waals surface area contributed by atoms with Crippen LogP contribution in [0.4, 0.5) is 5.69 Å². The van der Waals surface area contributed by atoms with Gasteiger partial charge in [-0.25, -0.2) is 4.90 Å². The highest BCUT2D eigenvalue weighted by molar-refractivity contribution is 6.20. The first-order valence-electron chi connectivity index (χ1n) is 7.66. The molecule has 2 fully saturated rings. The molecule has 3 heteroatoms. The summed E-state index contributed by atoms with van der Waals surface area (Å²) < 4.78 is 0. The Labute approximate surface area is 126 Å². The summed E-state index contributed by atoms with van der Waals surface area (Å²) in [4.78, 5) is 27.3. The number of carbonyl (C=O) groups is 2. The van der Waals surface area contributed by atoms with Gasteiger partial charge >= 0.3 is 0 Å². The standard InChI is InChI=1S/C18H23NO2/c1-11-6-7-13(10-12(11)2)19-15(20)14-8-9-18(5,16(19)21)17(14,3)4/h6-7,10,14H,8-9H2,1-5H3/t14-,18-/m0/s1. The van der Waals surface area contributed by atoms with Gasteiger partial charge in [-0.15, -0.1) is 0 Å². The Bertz CT molecular complexity index is 647. The molecule has 1 saturated carbocycles. The van der Waals surface area contributed by atoms with E-state index in [0.29, 0.717) is 0 Å². The highest BCUT2D eigenvalue weighted by Crippen LogP contribution is 2.60. The summed E-state index contributed by atoms with van der Waals surface area (Å²) in [6, 6.07) is 5.82. The molecular weight excluding hydrogens is 262 g/mol. The average Bonchev–Trinajstić information content (AvgIpc) is 2.59. The van der Waals surface area contributed by atoms with Crippen LogP contribution in [0.2, 0.25) is 0 Å². The van der Waals surface area contributed by atoms with Crippen LogP contribution in [0.3, 0.4) is 0 Å². The zero-order valence-electron chi connectivity index (χ0n) is 13.5. The highest BCUT2D eigenvalue weighted by atomic mass is 16.2. The molecule has 112 valence electrons. The summed E-state index contributed by atoms with van der Waals surface area (Å²) in [5, 5.41) is 0. The van der Waals surface area contributed by atoms with Crippen LogP contribution < -0.4 is 4.90 Å². The van der Waals surface area contributed by atoms with Crippen LogP contribution in [0.1, 0.15) is 44.7 Å². The molecule has 3 nitrogen and oxygen atoms in total. The minimum atomic E-state index is -0.440. The Morgan fingerprint density at radius 1 is 1.10 bits per heavy atom. The van der Waals surface area contributed by atoms with Crippen molar-refractivity contribution in [3.8, 4) is 0 Å². The van der Waals surface area contributed by atoms with Gasteiger partial charge in [-0.1, -0.05) is 26.8 Å². The van der Waals surface area contributed by atoms with Gasteiger partial charge in [0.2, 0.25) is 11.8 Å². The molecule has 2 aliphatic rings. The largest absolute Gasteiger partial charge is 0.274 e. The van der Waals surface area contributed by atoms with E-state index in [0.717, 1.165) is 24.1 Å². The molecule has 1 aromatic carbocycles. The molecule has 2 bridgehead atoms. The second kappa shape index (κ2) is 4.19. The Morgan fingerprint density at radius 3 is 2.38 bits per heavy atom. The lowest BCUT2D eigenvalue weighted by Crippen LogP contribution is -2.59. The summed E-state index contributed by atoms with van der Waals surface area (Å²) in [5.41, 5.74) is 2.31. The lowest BCUT2D eigenvalue weighted by Gasteiger charge is -2.47. The number of imide groups is 1. The van der Waals surface area contributed by atoms with E-state index in [2.05, 4.69) is 13.8 Å². The van der Waals surface area contributed by atoms with Gasteiger partial charge < -0.3 is 0 Å². The summed E-state index contributed by atoms with van der Waals surface area (Å²) in [7, 11) is 0. The van der Waals surface area contributed by atoms with Crippen molar-refractivity contribution < 1.29 is 9.59 Å². The van der Waals surface area contributed by atoms with E-state index in [1.807, 2.05) is 39.0 Å². The molecule has 21 heavy (non-hydrogen) atoms. The number of carbonyl (C=O) groups excluding carboxylic acids is 2. The molecule has 0 aromatic heterocycles. The highest BCUT2D eigenvalue weighted by Gasteiger charge is 2.64. The molecule has 1 saturated heterocycles. The number of aryl methyl sites for hydroxylation is 2. The van der Waals surface area contributed by atoms with Gasteiger partial charge in [0.05, 0.1) is 11.1 Å². The van der Waals surface area contributed by atoms with Crippen molar-refractivity contribution in [3.63, 3.8) is 0 Å². The number of nitrogens with zero attached hydrogens (tertiary/aromatic N) is 1. The van der Waals surface area contributed by atoms with E-state index in [4.69, 9.17) is 0 Å². The minimum absolute atomic E-state index is 0.0248. The van der Waals surface area contributed by atoms with Crippen LogP contribution in [0.15, 0.2) is 18.2 Å². The van der Waals surface area contributed by atoms with Crippen molar-refractivity contribution in [1.82, 2.24) is 0 Å². The third kappa shape index (κ3) is 1.66.